The van der Waals surface area contributed by atoms with Gasteiger partial charge in [0.1, 0.15) is 5.15 Å². The van der Waals surface area contributed by atoms with Crippen LogP contribution in [-0.4, -0.2) is 18.1 Å². The number of nitriles is 1. The largest absolute Gasteiger partial charge is 0.465 e. The third kappa shape index (κ3) is 2.31. The van der Waals surface area contributed by atoms with Gasteiger partial charge in [0.15, 0.2) is 0 Å². The maximum absolute atomic E-state index is 11.5. The van der Waals surface area contributed by atoms with Crippen LogP contribution in [0.1, 0.15) is 29.8 Å². The quantitative estimate of drug-likeness (QED) is 0.586. The van der Waals surface area contributed by atoms with Crippen molar-refractivity contribution in [3.8, 4) is 6.07 Å². The van der Waals surface area contributed by atoms with E-state index < -0.39 is 11.4 Å². The topological polar surface area (TPSA) is 63.0 Å². The number of methoxy groups -OCH3 is 1. The molecule has 0 radical (unpaired) electrons. The minimum atomic E-state index is -0.818. The molecular formula is C11H11ClN2O2. The van der Waals surface area contributed by atoms with Crippen LogP contribution < -0.4 is 0 Å². The van der Waals surface area contributed by atoms with E-state index >= 15 is 0 Å². The van der Waals surface area contributed by atoms with Gasteiger partial charge in [0.25, 0.3) is 0 Å². The minimum Gasteiger partial charge on any atom is -0.465 e. The molecule has 0 spiro atoms. The lowest BCUT2D eigenvalue weighted by molar-refractivity contribution is 0.0598. The molecule has 0 amide bonds. The summed E-state index contributed by atoms with van der Waals surface area (Å²) in [6.07, 6.45) is 1.43. The standard InChI is InChI=1S/C11H11ClN2O2/c1-11(2,6-13)8-5-14-9(12)4-7(8)10(15)16-3/h4-5H,1-3H3. The van der Waals surface area contributed by atoms with Gasteiger partial charge in [-0.1, -0.05) is 11.6 Å². The van der Waals surface area contributed by atoms with E-state index in [0.717, 1.165) is 0 Å². The van der Waals surface area contributed by atoms with Crippen molar-refractivity contribution in [3.63, 3.8) is 0 Å². The van der Waals surface area contributed by atoms with Gasteiger partial charge in [0, 0.05) is 11.8 Å². The van der Waals surface area contributed by atoms with Gasteiger partial charge < -0.3 is 4.74 Å². The first kappa shape index (κ1) is 12.5. The zero-order valence-corrected chi connectivity index (χ0v) is 10.00. The number of hydrogen-bond donors (Lipinski definition) is 0. The first-order chi connectivity index (χ1) is 7.42. The Balaban J connectivity index is 3.41. The summed E-state index contributed by atoms with van der Waals surface area (Å²) in [6.45, 7) is 3.40. The number of halogens is 1. The number of aromatic nitrogens is 1. The fourth-order valence-electron chi connectivity index (χ4n) is 1.27. The summed E-state index contributed by atoms with van der Waals surface area (Å²) in [4.78, 5) is 15.4. The molecule has 1 aromatic rings. The highest BCUT2D eigenvalue weighted by Gasteiger charge is 2.27. The van der Waals surface area contributed by atoms with Crippen molar-refractivity contribution in [1.82, 2.24) is 4.98 Å². The zero-order valence-electron chi connectivity index (χ0n) is 9.24. The molecule has 0 aliphatic heterocycles. The molecular weight excluding hydrogens is 228 g/mol. The molecule has 0 fully saturated rings. The smallest absolute Gasteiger partial charge is 0.338 e. The van der Waals surface area contributed by atoms with Gasteiger partial charge in [-0.05, 0) is 19.9 Å². The molecule has 1 rings (SSSR count). The summed E-state index contributed by atoms with van der Waals surface area (Å²) in [5, 5.41) is 9.23. The molecule has 5 heteroatoms. The Morgan fingerprint density at radius 3 is 2.75 bits per heavy atom. The number of ether oxygens (including phenoxy) is 1. The van der Waals surface area contributed by atoms with E-state index in [1.54, 1.807) is 13.8 Å². The Hall–Kier alpha value is -1.60. The fraction of sp³-hybridized carbons (Fsp3) is 0.364. The van der Waals surface area contributed by atoms with Crippen LogP contribution in [0.25, 0.3) is 0 Å². The van der Waals surface area contributed by atoms with Crippen molar-refractivity contribution < 1.29 is 9.53 Å². The van der Waals surface area contributed by atoms with Gasteiger partial charge >= 0.3 is 5.97 Å². The Morgan fingerprint density at radius 2 is 2.25 bits per heavy atom. The number of carbonyl (C=O) groups is 1. The normalized spacial score (nSPS) is 10.7. The van der Waals surface area contributed by atoms with Crippen LogP contribution in [0, 0.1) is 11.3 Å². The number of esters is 1. The highest BCUT2D eigenvalue weighted by Crippen LogP contribution is 2.27. The van der Waals surface area contributed by atoms with Crippen molar-refractivity contribution >= 4 is 17.6 Å². The first-order valence-corrected chi connectivity index (χ1v) is 4.95. The van der Waals surface area contributed by atoms with Crippen LogP contribution in [0.15, 0.2) is 12.3 Å². The van der Waals surface area contributed by atoms with Crippen LogP contribution in [0.3, 0.4) is 0 Å². The van der Waals surface area contributed by atoms with Gasteiger partial charge in [-0.15, -0.1) is 0 Å². The SMILES string of the molecule is COC(=O)c1cc(Cl)ncc1C(C)(C)C#N. The Labute approximate surface area is 98.8 Å². The molecule has 0 saturated carbocycles. The lowest BCUT2D eigenvalue weighted by atomic mass is 9.84. The van der Waals surface area contributed by atoms with Crippen molar-refractivity contribution in [2.24, 2.45) is 0 Å². The van der Waals surface area contributed by atoms with E-state index in [-0.39, 0.29) is 10.7 Å². The lowest BCUT2D eigenvalue weighted by Crippen LogP contribution is -2.20. The number of nitrogens with zero attached hydrogens (tertiary/aromatic N) is 2. The molecule has 4 nitrogen and oxygen atoms in total. The molecule has 16 heavy (non-hydrogen) atoms. The van der Waals surface area contributed by atoms with Crippen molar-refractivity contribution in [1.29, 1.82) is 5.26 Å². The van der Waals surface area contributed by atoms with Crippen LogP contribution in [0.5, 0.6) is 0 Å². The van der Waals surface area contributed by atoms with E-state index in [1.165, 1.54) is 19.4 Å². The molecule has 1 heterocycles. The predicted octanol–water partition coefficient (Wildman–Crippen LogP) is 2.32. The Bertz CT molecular complexity index is 464. The highest BCUT2D eigenvalue weighted by molar-refractivity contribution is 6.29. The van der Waals surface area contributed by atoms with E-state index in [4.69, 9.17) is 16.9 Å². The van der Waals surface area contributed by atoms with Crippen molar-refractivity contribution in [2.75, 3.05) is 7.11 Å². The number of rotatable bonds is 2. The van der Waals surface area contributed by atoms with Crippen LogP contribution in [0.2, 0.25) is 5.15 Å². The van der Waals surface area contributed by atoms with Gasteiger partial charge in [-0.25, -0.2) is 9.78 Å². The summed E-state index contributed by atoms with van der Waals surface area (Å²) < 4.78 is 4.64. The number of pyridine rings is 1. The second kappa shape index (κ2) is 4.50. The Kier molecular flexibility index (Phi) is 3.51. The minimum absolute atomic E-state index is 0.192. The average Bonchev–Trinajstić information content (AvgIpc) is 2.27. The van der Waals surface area contributed by atoms with E-state index in [0.29, 0.717) is 5.56 Å². The second-order valence-corrected chi connectivity index (χ2v) is 4.17. The Morgan fingerprint density at radius 1 is 1.62 bits per heavy atom. The molecule has 0 N–H and O–H groups in total. The summed E-state index contributed by atoms with van der Waals surface area (Å²) in [6, 6.07) is 3.51. The second-order valence-electron chi connectivity index (χ2n) is 3.78. The van der Waals surface area contributed by atoms with Gasteiger partial charge in [0.05, 0.1) is 24.2 Å². The van der Waals surface area contributed by atoms with Gasteiger partial charge in [-0.2, -0.15) is 5.26 Å². The monoisotopic (exact) mass is 238 g/mol. The summed E-state index contributed by atoms with van der Waals surface area (Å²) in [7, 11) is 1.28. The lowest BCUT2D eigenvalue weighted by Gasteiger charge is -2.18. The maximum Gasteiger partial charge on any atom is 0.338 e. The van der Waals surface area contributed by atoms with E-state index in [9.17, 15) is 4.79 Å². The van der Waals surface area contributed by atoms with Crippen LogP contribution in [-0.2, 0) is 10.2 Å². The molecule has 1 aromatic heterocycles. The fourth-order valence-corrected chi connectivity index (χ4v) is 1.42. The number of carbonyl (C=O) groups excluding carboxylic acids is 1. The first-order valence-electron chi connectivity index (χ1n) is 4.58. The molecule has 0 aliphatic carbocycles. The molecule has 0 atom stereocenters. The molecule has 0 aromatic carbocycles. The van der Waals surface area contributed by atoms with E-state index in [2.05, 4.69) is 15.8 Å². The van der Waals surface area contributed by atoms with Crippen LogP contribution in [0.4, 0.5) is 0 Å². The average molecular weight is 239 g/mol. The van der Waals surface area contributed by atoms with Crippen LogP contribution >= 0.6 is 11.6 Å². The number of hydrogen-bond acceptors (Lipinski definition) is 4. The molecule has 0 saturated heterocycles. The molecule has 0 aliphatic rings. The third-order valence-corrected chi connectivity index (χ3v) is 2.44. The van der Waals surface area contributed by atoms with Crippen molar-refractivity contribution in [3.05, 3.63) is 28.5 Å². The molecule has 84 valence electrons. The third-order valence-electron chi connectivity index (χ3n) is 2.23. The summed E-state index contributed by atoms with van der Waals surface area (Å²) in [5.74, 6) is -0.525. The zero-order chi connectivity index (χ0) is 12.3. The van der Waals surface area contributed by atoms with Crippen molar-refractivity contribution in [2.45, 2.75) is 19.3 Å². The summed E-state index contributed by atoms with van der Waals surface area (Å²) in [5.41, 5.74) is -0.0403. The highest BCUT2D eigenvalue weighted by atomic mass is 35.5. The predicted molar refractivity (Wildman–Crippen MR) is 59.2 cm³/mol. The maximum atomic E-state index is 11.5. The van der Waals surface area contributed by atoms with E-state index in [1.807, 2.05) is 0 Å². The summed E-state index contributed by atoms with van der Waals surface area (Å²) >= 11 is 5.71. The molecule has 0 bridgehead atoms. The van der Waals surface area contributed by atoms with Gasteiger partial charge in [-0.3, -0.25) is 0 Å². The van der Waals surface area contributed by atoms with Gasteiger partial charge in [0.2, 0.25) is 0 Å². The molecule has 0 unspecified atom stereocenters.